The molecule has 5 heteroatoms. The molecule has 0 aromatic rings. The maximum absolute atomic E-state index is 11.8. The number of aliphatic carboxylic acids is 1. The summed E-state index contributed by atoms with van der Waals surface area (Å²) in [6.45, 7) is 2.17. The van der Waals surface area contributed by atoms with Crippen LogP contribution < -0.4 is 0 Å². The lowest BCUT2D eigenvalue weighted by molar-refractivity contribution is -0.131. The van der Waals surface area contributed by atoms with Crippen molar-refractivity contribution in [2.75, 3.05) is 6.61 Å². The second-order valence-corrected chi connectivity index (χ2v) is 4.54. The number of carbonyl (C=O) groups is 2. The quantitative estimate of drug-likeness (QED) is 0.746. The Morgan fingerprint density at radius 1 is 1.41 bits per heavy atom. The molecule has 0 aromatic heterocycles. The molecule has 0 aromatic carbocycles. The first kappa shape index (κ1) is 12.0. The first-order chi connectivity index (χ1) is 8.11. The molecular weight excluding hydrogens is 222 g/mol. The third-order valence-corrected chi connectivity index (χ3v) is 3.42. The number of rotatable bonds is 2. The Hall–Kier alpha value is -1.52. The SMILES string of the molecule is CCOC(=O)N1C2CCC1CC(=CC(=O)O)C2. The first-order valence-corrected chi connectivity index (χ1v) is 5.99. The number of piperidine rings is 1. The molecule has 17 heavy (non-hydrogen) atoms. The summed E-state index contributed by atoms with van der Waals surface area (Å²) >= 11 is 0. The van der Waals surface area contributed by atoms with Gasteiger partial charge in [0.25, 0.3) is 0 Å². The molecule has 2 fully saturated rings. The Morgan fingerprint density at radius 2 is 2.00 bits per heavy atom. The summed E-state index contributed by atoms with van der Waals surface area (Å²) in [5, 5.41) is 8.74. The van der Waals surface area contributed by atoms with Crippen LogP contribution in [0.2, 0.25) is 0 Å². The fourth-order valence-electron chi connectivity index (χ4n) is 2.84. The summed E-state index contributed by atoms with van der Waals surface area (Å²) in [5.41, 5.74) is 0.936. The van der Waals surface area contributed by atoms with E-state index in [1.165, 1.54) is 6.08 Å². The fourth-order valence-corrected chi connectivity index (χ4v) is 2.84. The van der Waals surface area contributed by atoms with Crippen LogP contribution in [0.15, 0.2) is 11.6 Å². The van der Waals surface area contributed by atoms with Gasteiger partial charge in [-0.15, -0.1) is 0 Å². The van der Waals surface area contributed by atoms with Gasteiger partial charge in [0, 0.05) is 18.2 Å². The van der Waals surface area contributed by atoms with Crippen molar-refractivity contribution in [3.63, 3.8) is 0 Å². The maximum atomic E-state index is 11.8. The van der Waals surface area contributed by atoms with Crippen LogP contribution in [0.1, 0.15) is 32.6 Å². The lowest BCUT2D eigenvalue weighted by Crippen LogP contribution is -2.45. The highest BCUT2D eigenvalue weighted by atomic mass is 16.6. The minimum Gasteiger partial charge on any atom is -0.478 e. The molecule has 5 nitrogen and oxygen atoms in total. The number of amides is 1. The highest BCUT2D eigenvalue weighted by Crippen LogP contribution is 2.38. The van der Waals surface area contributed by atoms with Crippen LogP contribution in [0.3, 0.4) is 0 Å². The van der Waals surface area contributed by atoms with Gasteiger partial charge in [-0.2, -0.15) is 0 Å². The Morgan fingerprint density at radius 3 is 2.47 bits per heavy atom. The van der Waals surface area contributed by atoms with Gasteiger partial charge in [0.15, 0.2) is 0 Å². The normalized spacial score (nSPS) is 26.9. The van der Waals surface area contributed by atoms with Crippen LogP contribution in [0, 0.1) is 0 Å². The van der Waals surface area contributed by atoms with Crippen molar-refractivity contribution >= 4 is 12.1 Å². The summed E-state index contributed by atoms with van der Waals surface area (Å²) in [5.74, 6) is -0.899. The summed E-state index contributed by atoms with van der Waals surface area (Å²) in [7, 11) is 0. The molecule has 94 valence electrons. The first-order valence-electron chi connectivity index (χ1n) is 5.99. The lowest BCUT2D eigenvalue weighted by atomic mass is 9.97. The van der Waals surface area contributed by atoms with Crippen molar-refractivity contribution in [2.45, 2.75) is 44.7 Å². The van der Waals surface area contributed by atoms with E-state index in [1.807, 2.05) is 0 Å². The molecule has 2 atom stereocenters. The van der Waals surface area contributed by atoms with Gasteiger partial charge in [0.05, 0.1) is 6.61 Å². The number of carboxylic acid groups (broad SMARTS) is 1. The molecule has 0 saturated carbocycles. The molecule has 2 rings (SSSR count). The maximum Gasteiger partial charge on any atom is 0.410 e. The van der Waals surface area contributed by atoms with Crippen molar-refractivity contribution in [3.8, 4) is 0 Å². The molecular formula is C12H17NO4. The Labute approximate surface area is 100 Å². The smallest absolute Gasteiger partial charge is 0.410 e. The number of ether oxygens (including phenoxy) is 1. The minimum absolute atomic E-state index is 0.124. The van der Waals surface area contributed by atoms with E-state index in [1.54, 1.807) is 11.8 Å². The lowest BCUT2D eigenvalue weighted by Gasteiger charge is -2.35. The Balaban J connectivity index is 2.08. The van der Waals surface area contributed by atoms with Gasteiger partial charge in [-0.05, 0) is 32.6 Å². The molecule has 2 aliphatic rings. The van der Waals surface area contributed by atoms with E-state index in [2.05, 4.69) is 0 Å². The summed E-state index contributed by atoms with van der Waals surface area (Å²) < 4.78 is 5.03. The van der Waals surface area contributed by atoms with E-state index in [4.69, 9.17) is 9.84 Å². The average molecular weight is 239 g/mol. The van der Waals surface area contributed by atoms with Gasteiger partial charge < -0.3 is 14.7 Å². The summed E-state index contributed by atoms with van der Waals surface area (Å²) in [6, 6.07) is 0.247. The number of nitrogens with zero attached hydrogens (tertiary/aromatic N) is 1. The second kappa shape index (κ2) is 4.77. The Kier molecular flexibility index (Phi) is 3.36. The van der Waals surface area contributed by atoms with Crippen molar-refractivity contribution in [1.82, 2.24) is 4.90 Å². The van der Waals surface area contributed by atoms with Crippen molar-refractivity contribution in [1.29, 1.82) is 0 Å². The zero-order chi connectivity index (χ0) is 12.4. The third-order valence-electron chi connectivity index (χ3n) is 3.42. The van der Waals surface area contributed by atoms with Crippen LogP contribution in [0.25, 0.3) is 0 Å². The van der Waals surface area contributed by atoms with Crippen LogP contribution in [-0.2, 0) is 9.53 Å². The van der Waals surface area contributed by atoms with Crippen LogP contribution in [-0.4, -0.2) is 40.8 Å². The molecule has 2 bridgehead atoms. The molecule has 0 aliphatic carbocycles. The van der Waals surface area contributed by atoms with Gasteiger partial charge in [0.2, 0.25) is 0 Å². The van der Waals surface area contributed by atoms with Gasteiger partial charge in [-0.3, -0.25) is 0 Å². The van der Waals surface area contributed by atoms with E-state index in [0.717, 1.165) is 18.4 Å². The molecule has 0 spiro atoms. The van der Waals surface area contributed by atoms with Crippen LogP contribution in [0.5, 0.6) is 0 Å². The van der Waals surface area contributed by atoms with Crippen molar-refractivity contribution in [3.05, 3.63) is 11.6 Å². The molecule has 0 radical (unpaired) electrons. The van der Waals surface area contributed by atoms with E-state index in [0.29, 0.717) is 19.4 Å². The van der Waals surface area contributed by atoms with Gasteiger partial charge in [-0.1, -0.05) is 5.57 Å². The van der Waals surface area contributed by atoms with E-state index in [-0.39, 0.29) is 18.2 Å². The minimum atomic E-state index is -0.899. The zero-order valence-corrected chi connectivity index (χ0v) is 9.89. The number of carbonyl (C=O) groups excluding carboxylic acids is 1. The number of hydrogen-bond acceptors (Lipinski definition) is 3. The predicted molar refractivity (Wildman–Crippen MR) is 60.6 cm³/mol. The van der Waals surface area contributed by atoms with E-state index in [9.17, 15) is 9.59 Å². The average Bonchev–Trinajstić information content (AvgIpc) is 2.50. The number of carboxylic acids is 1. The van der Waals surface area contributed by atoms with Crippen LogP contribution in [0.4, 0.5) is 4.79 Å². The van der Waals surface area contributed by atoms with Crippen molar-refractivity contribution in [2.24, 2.45) is 0 Å². The number of hydrogen-bond donors (Lipinski definition) is 1. The Bertz CT molecular complexity index is 348. The van der Waals surface area contributed by atoms with Crippen molar-refractivity contribution < 1.29 is 19.4 Å². The predicted octanol–water partition coefficient (Wildman–Crippen LogP) is 1.78. The van der Waals surface area contributed by atoms with Gasteiger partial charge in [-0.25, -0.2) is 9.59 Å². The van der Waals surface area contributed by atoms with E-state index >= 15 is 0 Å². The molecule has 1 N–H and O–H groups in total. The topological polar surface area (TPSA) is 66.8 Å². The summed E-state index contributed by atoms with van der Waals surface area (Å²) in [4.78, 5) is 24.2. The molecule has 2 aliphatic heterocycles. The highest BCUT2D eigenvalue weighted by Gasteiger charge is 2.42. The van der Waals surface area contributed by atoms with Gasteiger partial charge >= 0.3 is 12.1 Å². The third kappa shape index (κ3) is 2.43. The molecule has 1 amide bonds. The molecule has 2 saturated heterocycles. The number of fused-ring (bicyclic) bond motifs is 2. The molecule has 2 unspecified atom stereocenters. The standard InChI is InChI=1S/C12H17NO4/c1-2-17-12(16)13-9-3-4-10(13)6-8(5-9)7-11(14)15/h7,9-10H,2-6H2,1H3,(H,14,15). The molecule has 2 heterocycles. The summed E-state index contributed by atoms with van der Waals surface area (Å²) in [6.07, 6.45) is 4.26. The fraction of sp³-hybridized carbons (Fsp3) is 0.667. The monoisotopic (exact) mass is 239 g/mol. The highest BCUT2D eigenvalue weighted by molar-refractivity contribution is 5.81. The van der Waals surface area contributed by atoms with Crippen LogP contribution >= 0.6 is 0 Å². The largest absolute Gasteiger partial charge is 0.478 e. The second-order valence-electron chi connectivity index (χ2n) is 4.54. The van der Waals surface area contributed by atoms with Gasteiger partial charge in [0.1, 0.15) is 0 Å². The zero-order valence-electron chi connectivity index (χ0n) is 9.89. The van der Waals surface area contributed by atoms with E-state index < -0.39 is 5.97 Å².